The average molecular weight is 420 g/mol. The van der Waals surface area contributed by atoms with Crippen LogP contribution in [0, 0.1) is 0 Å². The Morgan fingerprint density at radius 3 is 1.53 bits per heavy atom. The second-order valence-corrected chi connectivity index (χ2v) is 9.54. The van der Waals surface area contributed by atoms with E-state index in [2.05, 4.69) is 24.0 Å². The summed E-state index contributed by atoms with van der Waals surface area (Å²) in [4.78, 5) is 14.4. The van der Waals surface area contributed by atoms with Crippen LogP contribution in [0.3, 0.4) is 0 Å². The standard InChI is InChI=1S/C28H53NO/c1-2-3-4-5-6-7-8-9-10-11-12-13-14-15-16-17-18-19-22-25-28(30)29-26-23-20-21-24-27-29/h9-10H,2-8,11-27H2,1H3/b10-9-. The molecule has 0 unspecified atom stereocenters. The fourth-order valence-electron chi connectivity index (χ4n) is 4.53. The van der Waals surface area contributed by atoms with E-state index in [0.717, 1.165) is 25.9 Å². The fraction of sp³-hybridized carbons (Fsp3) is 0.893. The topological polar surface area (TPSA) is 20.3 Å². The van der Waals surface area contributed by atoms with Gasteiger partial charge in [-0.2, -0.15) is 0 Å². The molecule has 0 N–H and O–H groups in total. The molecule has 0 aliphatic carbocycles. The molecular formula is C28H53NO. The van der Waals surface area contributed by atoms with Gasteiger partial charge >= 0.3 is 0 Å². The van der Waals surface area contributed by atoms with Crippen molar-refractivity contribution in [1.82, 2.24) is 4.90 Å². The lowest BCUT2D eigenvalue weighted by atomic mass is 10.1. The van der Waals surface area contributed by atoms with Gasteiger partial charge in [0.15, 0.2) is 0 Å². The van der Waals surface area contributed by atoms with Crippen LogP contribution in [0.5, 0.6) is 0 Å². The Labute approximate surface area is 189 Å². The first-order valence-corrected chi connectivity index (χ1v) is 13.8. The molecule has 0 saturated carbocycles. The molecule has 0 bridgehead atoms. The molecule has 1 aliphatic rings. The van der Waals surface area contributed by atoms with Crippen molar-refractivity contribution in [3.05, 3.63) is 12.2 Å². The lowest BCUT2D eigenvalue weighted by Crippen LogP contribution is -2.31. The van der Waals surface area contributed by atoms with Crippen molar-refractivity contribution in [2.75, 3.05) is 13.1 Å². The van der Waals surface area contributed by atoms with Crippen molar-refractivity contribution < 1.29 is 4.79 Å². The highest BCUT2D eigenvalue weighted by atomic mass is 16.2. The summed E-state index contributed by atoms with van der Waals surface area (Å²) in [6, 6.07) is 0. The number of allylic oxidation sites excluding steroid dienone is 2. The molecule has 1 amide bonds. The number of hydrogen-bond acceptors (Lipinski definition) is 1. The van der Waals surface area contributed by atoms with Crippen molar-refractivity contribution >= 4 is 5.91 Å². The van der Waals surface area contributed by atoms with Crippen LogP contribution in [-0.2, 0) is 4.79 Å². The summed E-state index contributed by atoms with van der Waals surface area (Å²) in [7, 11) is 0. The zero-order chi connectivity index (χ0) is 21.5. The number of likely N-dealkylation sites (tertiary alicyclic amines) is 1. The first-order valence-electron chi connectivity index (χ1n) is 13.8. The summed E-state index contributed by atoms with van der Waals surface area (Å²) in [5, 5.41) is 0. The van der Waals surface area contributed by atoms with E-state index in [1.54, 1.807) is 0 Å². The van der Waals surface area contributed by atoms with Gasteiger partial charge in [-0.1, -0.05) is 109 Å². The van der Waals surface area contributed by atoms with Crippen LogP contribution >= 0.6 is 0 Å². The van der Waals surface area contributed by atoms with E-state index in [1.165, 1.54) is 128 Å². The maximum atomic E-state index is 12.3. The Bertz CT molecular complexity index is 395. The van der Waals surface area contributed by atoms with Crippen LogP contribution in [0.1, 0.15) is 148 Å². The molecule has 1 saturated heterocycles. The monoisotopic (exact) mass is 419 g/mol. The first kappa shape index (κ1) is 27.2. The normalized spacial score (nSPS) is 15.0. The molecule has 0 aromatic heterocycles. The van der Waals surface area contributed by atoms with Gasteiger partial charge in [-0.05, 0) is 44.9 Å². The number of unbranched alkanes of at least 4 members (excludes halogenated alkanes) is 15. The summed E-state index contributed by atoms with van der Waals surface area (Å²) < 4.78 is 0. The minimum atomic E-state index is 0.415. The van der Waals surface area contributed by atoms with E-state index < -0.39 is 0 Å². The highest BCUT2D eigenvalue weighted by molar-refractivity contribution is 5.76. The highest BCUT2D eigenvalue weighted by Gasteiger charge is 2.14. The van der Waals surface area contributed by atoms with Gasteiger partial charge in [0.05, 0.1) is 0 Å². The van der Waals surface area contributed by atoms with Gasteiger partial charge in [-0.3, -0.25) is 4.79 Å². The van der Waals surface area contributed by atoms with Crippen molar-refractivity contribution in [2.24, 2.45) is 0 Å². The number of hydrogen-bond donors (Lipinski definition) is 0. The quantitative estimate of drug-likeness (QED) is 0.151. The Morgan fingerprint density at radius 2 is 1.03 bits per heavy atom. The largest absolute Gasteiger partial charge is 0.343 e. The van der Waals surface area contributed by atoms with Crippen LogP contribution in [0.25, 0.3) is 0 Å². The van der Waals surface area contributed by atoms with Gasteiger partial charge in [0.2, 0.25) is 5.91 Å². The lowest BCUT2D eigenvalue weighted by molar-refractivity contribution is -0.131. The van der Waals surface area contributed by atoms with Gasteiger partial charge in [-0.25, -0.2) is 0 Å². The average Bonchev–Trinajstić information content (AvgIpc) is 3.05. The second-order valence-electron chi connectivity index (χ2n) is 9.54. The number of carbonyl (C=O) groups excluding carboxylic acids is 1. The van der Waals surface area contributed by atoms with Crippen LogP contribution in [0.2, 0.25) is 0 Å². The second kappa shape index (κ2) is 21.4. The predicted octanol–water partition coefficient (Wildman–Crippen LogP) is 8.99. The Balaban J connectivity index is 1.76. The van der Waals surface area contributed by atoms with Crippen LogP contribution in [0.15, 0.2) is 12.2 Å². The Kier molecular flexibility index (Phi) is 19.5. The number of carbonyl (C=O) groups is 1. The molecule has 0 aromatic rings. The van der Waals surface area contributed by atoms with Gasteiger partial charge < -0.3 is 4.90 Å². The van der Waals surface area contributed by atoms with E-state index in [9.17, 15) is 4.79 Å². The molecule has 0 spiro atoms. The molecule has 2 heteroatoms. The van der Waals surface area contributed by atoms with E-state index in [1.807, 2.05) is 0 Å². The zero-order valence-corrected chi connectivity index (χ0v) is 20.5. The van der Waals surface area contributed by atoms with Crippen molar-refractivity contribution in [3.8, 4) is 0 Å². The third-order valence-electron chi connectivity index (χ3n) is 6.61. The van der Waals surface area contributed by atoms with Gasteiger partial charge in [0.25, 0.3) is 0 Å². The molecule has 0 radical (unpaired) electrons. The van der Waals surface area contributed by atoms with E-state index in [-0.39, 0.29) is 0 Å². The van der Waals surface area contributed by atoms with E-state index >= 15 is 0 Å². The third-order valence-corrected chi connectivity index (χ3v) is 6.61. The minimum Gasteiger partial charge on any atom is -0.343 e. The Hall–Kier alpha value is -0.790. The smallest absolute Gasteiger partial charge is 0.222 e. The molecule has 1 aliphatic heterocycles. The van der Waals surface area contributed by atoms with Gasteiger partial charge in [0.1, 0.15) is 0 Å². The molecule has 1 rings (SSSR count). The minimum absolute atomic E-state index is 0.415. The zero-order valence-electron chi connectivity index (χ0n) is 20.5. The maximum Gasteiger partial charge on any atom is 0.222 e. The number of amides is 1. The molecule has 1 fully saturated rings. The number of nitrogens with zero attached hydrogens (tertiary/aromatic N) is 1. The van der Waals surface area contributed by atoms with E-state index in [0.29, 0.717) is 5.91 Å². The molecular weight excluding hydrogens is 366 g/mol. The fourth-order valence-corrected chi connectivity index (χ4v) is 4.53. The molecule has 0 aromatic carbocycles. The van der Waals surface area contributed by atoms with Crippen LogP contribution < -0.4 is 0 Å². The molecule has 0 atom stereocenters. The van der Waals surface area contributed by atoms with Crippen molar-refractivity contribution in [2.45, 2.75) is 148 Å². The van der Waals surface area contributed by atoms with Crippen LogP contribution in [-0.4, -0.2) is 23.9 Å². The first-order chi connectivity index (χ1) is 14.8. The van der Waals surface area contributed by atoms with Crippen molar-refractivity contribution in [1.29, 1.82) is 0 Å². The van der Waals surface area contributed by atoms with Crippen LogP contribution in [0.4, 0.5) is 0 Å². The molecule has 176 valence electrons. The third kappa shape index (κ3) is 16.9. The SMILES string of the molecule is CCCCCCCC/C=C\CCCCCCCCCCCC(=O)N1CCCCCC1. The van der Waals surface area contributed by atoms with E-state index in [4.69, 9.17) is 0 Å². The summed E-state index contributed by atoms with van der Waals surface area (Å²) in [6.07, 6.45) is 33.6. The highest BCUT2D eigenvalue weighted by Crippen LogP contribution is 2.14. The van der Waals surface area contributed by atoms with Crippen molar-refractivity contribution in [3.63, 3.8) is 0 Å². The van der Waals surface area contributed by atoms with Gasteiger partial charge in [0, 0.05) is 19.5 Å². The molecule has 30 heavy (non-hydrogen) atoms. The summed E-state index contributed by atoms with van der Waals surface area (Å²) in [5.41, 5.74) is 0. The maximum absolute atomic E-state index is 12.3. The Morgan fingerprint density at radius 1 is 0.600 bits per heavy atom. The predicted molar refractivity (Wildman–Crippen MR) is 133 cm³/mol. The lowest BCUT2D eigenvalue weighted by Gasteiger charge is -2.20. The summed E-state index contributed by atoms with van der Waals surface area (Å²) >= 11 is 0. The summed E-state index contributed by atoms with van der Waals surface area (Å²) in [6.45, 7) is 4.30. The van der Waals surface area contributed by atoms with Gasteiger partial charge in [-0.15, -0.1) is 0 Å². The summed E-state index contributed by atoms with van der Waals surface area (Å²) in [5.74, 6) is 0.415. The molecule has 1 heterocycles. The molecule has 2 nitrogen and oxygen atoms in total. The number of rotatable bonds is 19.